The molecular formula is C24H27NO6. The van der Waals surface area contributed by atoms with Crippen molar-refractivity contribution in [1.29, 1.82) is 0 Å². The standard InChI is InChI=1S/C24H27NO6/c1-14-10-20(16(3)25(14)12-18-6-5-9-29-18)21(26)13-30-24(27)23-15(2)19-11-17(28-4)7-8-22(19)31-23/h7-8,10-11,18H,5-6,9,12-13H2,1-4H3/t18-/m1/s1. The number of carbonyl (C=O) groups excluding carboxylic acids is 2. The molecule has 0 bridgehead atoms. The summed E-state index contributed by atoms with van der Waals surface area (Å²) in [5, 5.41) is 0.773. The van der Waals surface area contributed by atoms with Gasteiger partial charge in [0.2, 0.25) is 11.5 Å². The van der Waals surface area contributed by atoms with E-state index in [0.29, 0.717) is 22.5 Å². The lowest BCUT2D eigenvalue weighted by atomic mass is 10.1. The van der Waals surface area contributed by atoms with Gasteiger partial charge in [-0.3, -0.25) is 4.79 Å². The molecule has 3 heterocycles. The number of methoxy groups -OCH3 is 1. The predicted molar refractivity (Wildman–Crippen MR) is 115 cm³/mol. The van der Waals surface area contributed by atoms with Gasteiger partial charge in [0.25, 0.3) is 0 Å². The molecule has 2 aromatic heterocycles. The molecule has 1 atom stereocenters. The Labute approximate surface area is 180 Å². The maximum atomic E-state index is 12.8. The highest BCUT2D eigenvalue weighted by Crippen LogP contribution is 2.29. The van der Waals surface area contributed by atoms with E-state index in [1.54, 1.807) is 32.2 Å². The lowest BCUT2D eigenvalue weighted by Gasteiger charge is -2.14. The number of ketones is 1. The van der Waals surface area contributed by atoms with E-state index >= 15 is 0 Å². The third-order valence-corrected chi connectivity index (χ3v) is 5.95. The first-order chi connectivity index (χ1) is 14.9. The zero-order chi connectivity index (χ0) is 22.1. The van der Waals surface area contributed by atoms with Crippen molar-refractivity contribution in [3.8, 4) is 5.75 Å². The Bertz CT molecular complexity index is 1130. The average molecular weight is 425 g/mol. The van der Waals surface area contributed by atoms with Gasteiger partial charge < -0.3 is 23.2 Å². The molecule has 1 saturated heterocycles. The highest BCUT2D eigenvalue weighted by molar-refractivity contribution is 6.01. The van der Waals surface area contributed by atoms with Crippen molar-refractivity contribution in [1.82, 2.24) is 4.57 Å². The number of carbonyl (C=O) groups is 2. The molecule has 1 aliphatic heterocycles. The van der Waals surface area contributed by atoms with Gasteiger partial charge in [-0.15, -0.1) is 0 Å². The van der Waals surface area contributed by atoms with E-state index in [0.717, 1.165) is 42.8 Å². The van der Waals surface area contributed by atoms with Gasteiger partial charge in [0.05, 0.1) is 13.2 Å². The minimum absolute atomic E-state index is 0.0971. The lowest BCUT2D eigenvalue weighted by Crippen LogP contribution is -2.18. The van der Waals surface area contributed by atoms with Gasteiger partial charge in [-0.25, -0.2) is 4.79 Å². The summed E-state index contributed by atoms with van der Waals surface area (Å²) >= 11 is 0. The molecule has 4 rings (SSSR count). The Kier molecular flexibility index (Phi) is 5.87. The molecule has 164 valence electrons. The van der Waals surface area contributed by atoms with Crippen molar-refractivity contribution in [2.75, 3.05) is 20.3 Å². The molecule has 7 nitrogen and oxygen atoms in total. The molecule has 0 N–H and O–H groups in total. The molecule has 0 saturated carbocycles. The number of esters is 1. The van der Waals surface area contributed by atoms with Crippen LogP contribution in [0.2, 0.25) is 0 Å². The quantitative estimate of drug-likeness (QED) is 0.413. The van der Waals surface area contributed by atoms with Crippen molar-refractivity contribution in [3.05, 3.63) is 52.5 Å². The Morgan fingerprint density at radius 3 is 2.71 bits per heavy atom. The van der Waals surface area contributed by atoms with E-state index in [4.69, 9.17) is 18.6 Å². The number of aromatic nitrogens is 1. The van der Waals surface area contributed by atoms with E-state index < -0.39 is 5.97 Å². The minimum atomic E-state index is -0.658. The summed E-state index contributed by atoms with van der Waals surface area (Å²) in [4.78, 5) is 25.4. The summed E-state index contributed by atoms with van der Waals surface area (Å²) in [5.41, 5.74) is 3.63. The first-order valence-corrected chi connectivity index (χ1v) is 10.4. The van der Waals surface area contributed by atoms with Crippen LogP contribution in [0.5, 0.6) is 5.75 Å². The fourth-order valence-corrected chi connectivity index (χ4v) is 4.15. The van der Waals surface area contributed by atoms with Gasteiger partial charge in [-0.1, -0.05) is 0 Å². The first-order valence-electron chi connectivity index (χ1n) is 10.4. The van der Waals surface area contributed by atoms with Crippen LogP contribution in [0.3, 0.4) is 0 Å². The van der Waals surface area contributed by atoms with Crippen LogP contribution in [0, 0.1) is 20.8 Å². The van der Waals surface area contributed by atoms with E-state index in [2.05, 4.69) is 4.57 Å². The summed E-state index contributed by atoms with van der Waals surface area (Å²) < 4.78 is 24.0. The van der Waals surface area contributed by atoms with Crippen LogP contribution < -0.4 is 4.74 Å². The summed E-state index contributed by atoms with van der Waals surface area (Å²) in [6.07, 6.45) is 2.28. The third-order valence-electron chi connectivity index (χ3n) is 5.95. The molecule has 0 radical (unpaired) electrons. The second kappa shape index (κ2) is 8.59. The summed E-state index contributed by atoms with van der Waals surface area (Å²) in [5.74, 6) is -0.130. The van der Waals surface area contributed by atoms with Gasteiger partial charge in [0.1, 0.15) is 11.3 Å². The van der Waals surface area contributed by atoms with Crippen molar-refractivity contribution < 1.29 is 28.2 Å². The predicted octanol–water partition coefficient (Wildman–Crippen LogP) is 4.39. The molecule has 0 unspecified atom stereocenters. The van der Waals surface area contributed by atoms with E-state index in [1.807, 2.05) is 19.9 Å². The van der Waals surface area contributed by atoms with Gasteiger partial charge in [0, 0.05) is 41.1 Å². The number of Topliss-reactive ketones (excluding diaryl/α,β-unsaturated/α-hetero) is 1. The molecule has 0 aliphatic carbocycles. The molecule has 0 spiro atoms. The first kappa shape index (κ1) is 21.2. The maximum absolute atomic E-state index is 12.8. The number of furan rings is 1. The average Bonchev–Trinajstić information content (AvgIpc) is 3.47. The van der Waals surface area contributed by atoms with Crippen molar-refractivity contribution in [2.45, 2.75) is 46.3 Å². The van der Waals surface area contributed by atoms with Crippen LogP contribution in [0.15, 0.2) is 28.7 Å². The molecule has 1 aliphatic rings. The topological polar surface area (TPSA) is 79.9 Å². The van der Waals surface area contributed by atoms with Gasteiger partial charge >= 0.3 is 5.97 Å². The van der Waals surface area contributed by atoms with Gasteiger partial charge in [-0.05, 0) is 57.9 Å². The molecule has 7 heteroatoms. The Balaban J connectivity index is 1.46. The fourth-order valence-electron chi connectivity index (χ4n) is 4.15. The summed E-state index contributed by atoms with van der Waals surface area (Å²) in [7, 11) is 1.58. The lowest BCUT2D eigenvalue weighted by molar-refractivity contribution is 0.0445. The normalized spacial score (nSPS) is 16.1. The number of fused-ring (bicyclic) bond motifs is 1. The van der Waals surface area contributed by atoms with Crippen molar-refractivity contribution in [3.63, 3.8) is 0 Å². The number of nitrogens with zero attached hydrogens (tertiary/aromatic N) is 1. The molecule has 0 amide bonds. The third kappa shape index (κ3) is 4.10. The van der Waals surface area contributed by atoms with Crippen LogP contribution in [-0.2, 0) is 16.0 Å². The maximum Gasteiger partial charge on any atom is 0.375 e. The fraction of sp³-hybridized carbons (Fsp3) is 0.417. The van der Waals surface area contributed by atoms with Gasteiger partial charge in [0.15, 0.2) is 6.61 Å². The second-order valence-electron chi connectivity index (χ2n) is 7.95. The minimum Gasteiger partial charge on any atom is -0.497 e. The highest BCUT2D eigenvalue weighted by Gasteiger charge is 2.24. The zero-order valence-corrected chi connectivity index (χ0v) is 18.3. The second-order valence-corrected chi connectivity index (χ2v) is 7.95. The number of aryl methyl sites for hydroxylation is 2. The number of rotatable bonds is 7. The van der Waals surface area contributed by atoms with Crippen LogP contribution in [0.1, 0.15) is 50.7 Å². The zero-order valence-electron chi connectivity index (χ0n) is 18.3. The molecule has 1 fully saturated rings. The number of benzene rings is 1. The molecule has 31 heavy (non-hydrogen) atoms. The Morgan fingerprint density at radius 2 is 2.00 bits per heavy atom. The van der Waals surface area contributed by atoms with Crippen LogP contribution in [0.4, 0.5) is 0 Å². The van der Waals surface area contributed by atoms with Crippen LogP contribution in [-0.4, -0.2) is 42.7 Å². The number of hydrogen-bond donors (Lipinski definition) is 0. The Hall–Kier alpha value is -3.06. The smallest absolute Gasteiger partial charge is 0.375 e. The van der Waals surface area contributed by atoms with Crippen molar-refractivity contribution >= 4 is 22.7 Å². The molecule has 3 aromatic rings. The Morgan fingerprint density at radius 1 is 1.19 bits per heavy atom. The molecular weight excluding hydrogens is 398 g/mol. The monoisotopic (exact) mass is 425 g/mol. The van der Waals surface area contributed by atoms with Gasteiger partial charge in [-0.2, -0.15) is 0 Å². The molecule has 1 aromatic carbocycles. The van der Waals surface area contributed by atoms with E-state index in [-0.39, 0.29) is 24.3 Å². The largest absolute Gasteiger partial charge is 0.497 e. The number of ether oxygens (including phenoxy) is 3. The number of hydrogen-bond acceptors (Lipinski definition) is 6. The van der Waals surface area contributed by atoms with E-state index in [9.17, 15) is 9.59 Å². The van der Waals surface area contributed by atoms with Crippen LogP contribution in [0.25, 0.3) is 11.0 Å². The van der Waals surface area contributed by atoms with Crippen molar-refractivity contribution in [2.24, 2.45) is 0 Å². The van der Waals surface area contributed by atoms with E-state index in [1.165, 1.54) is 0 Å². The highest BCUT2D eigenvalue weighted by atomic mass is 16.5. The SMILES string of the molecule is COc1ccc2oc(C(=O)OCC(=O)c3cc(C)n(C[C@H]4CCCO4)c3C)c(C)c2c1. The summed E-state index contributed by atoms with van der Waals surface area (Å²) in [6.45, 7) is 6.84. The summed E-state index contributed by atoms with van der Waals surface area (Å²) in [6, 6.07) is 7.15. The van der Waals surface area contributed by atoms with Crippen LogP contribution >= 0.6 is 0 Å².